The van der Waals surface area contributed by atoms with Gasteiger partial charge in [-0.05, 0) is 44.1 Å². The average molecular weight is 330 g/mol. The maximum atomic E-state index is 13.5. The van der Waals surface area contributed by atoms with Crippen molar-refractivity contribution in [2.45, 2.75) is 52.4 Å². The lowest BCUT2D eigenvalue weighted by molar-refractivity contribution is -0.0577. The van der Waals surface area contributed by atoms with Crippen LogP contribution in [0.25, 0.3) is 0 Å². The van der Waals surface area contributed by atoms with E-state index in [9.17, 15) is 8.78 Å². The summed E-state index contributed by atoms with van der Waals surface area (Å²) in [7, 11) is 1.71. The van der Waals surface area contributed by atoms with E-state index in [1.807, 2.05) is 32.9 Å². The molecule has 1 aliphatic rings. The van der Waals surface area contributed by atoms with Crippen molar-refractivity contribution in [1.29, 1.82) is 0 Å². The van der Waals surface area contributed by atoms with Gasteiger partial charge in [-0.2, -0.15) is 0 Å². The quantitative estimate of drug-likeness (QED) is 0.423. The van der Waals surface area contributed by atoms with E-state index in [1.54, 1.807) is 7.05 Å². The topological polar surface area (TPSA) is 12.4 Å². The van der Waals surface area contributed by atoms with Gasteiger partial charge in [0.15, 0.2) is 0 Å². The second-order valence-electron chi connectivity index (χ2n) is 6.25. The molecule has 1 saturated carbocycles. The molecule has 0 radical (unpaired) electrons. The molecule has 22 heavy (non-hydrogen) atoms. The first-order valence-electron chi connectivity index (χ1n) is 7.73. The van der Waals surface area contributed by atoms with Crippen LogP contribution in [0.2, 0.25) is 0 Å². The Balaban J connectivity index is 2.92. The van der Waals surface area contributed by atoms with Crippen molar-refractivity contribution in [3.8, 4) is 0 Å². The molecule has 124 valence electrons. The van der Waals surface area contributed by atoms with Crippen molar-refractivity contribution in [2.24, 2.45) is 16.8 Å². The predicted octanol–water partition coefficient (Wildman–Crippen LogP) is 6.16. The van der Waals surface area contributed by atoms with Crippen LogP contribution in [0.15, 0.2) is 39.9 Å². The van der Waals surface area contributed by atoms with Crippen LogP contribution in [0.5, 0.6) is 0 Å². The van der Waals surface area contributed by atoms with Crippen LogP contribution >= 0.6 is 11.6 Å². The van der Waals surface area contributed by atoms with Crippen molar-refractivity contribution in [2.75, 3.05) is 7.05 Å². The highest BCUT2D eigenvalue weighted by molar-refractivity contribution is 6.34. The van der Waals surface area contributed by atoms with Gasteiger partial charge in [0.1, 0.15) is 0 Å². The molecule has 1 aliphatic carbocycles. The summed E-state index contributed by atoms with van der Waals surface area (Å²) >= 11 is 6.30. The zero-order valence-electron chi connectivity index (χ0n) is 13.9. The van der Waals surface area contributed by atoms with Crippen LogP contribution < -0.4 is 0 Å². The molecule has 0 aromatic carbocycles. The molecule has 0 N–H and O–H groups in total. The Hall–Kier alpha value is -0.960. The van der Waals surface area contributed by atoms with Gasteiger partial charge in [-0.1, -0.05) is 37.3 Å². The Morgan fingerprint density at radius 3 is 2.55 bits per heavy atom. The molecule has 2 unspecified atom stereocenters. The molecular weight excluding hydrogens is 304 g/mol. The van der Waals surface area contributed by atoms with Gasteiger partial charge in [-0.15, -0.1) is 0 Å². The van der Waals surface area contributed by atoms with Gasteiger partial charge in [0, 0.05) is 31.2 Å². The highest BCUT2D eigenvalue weighted by atomic mass is 35.5. The summed E-state index contributed by atoms with van der Waals surface area (Å²) in [5.41, 5.74) is 2.39. The molecule has 0 bridgehead atoms. The maximum Gasteiger partial charge on any atom is 0.248 e. The van der Waals surface area contributed by atoms with Crippen molar-refractivity contribution in [3.63, 3.8) is 0 Å². The summed E-state index contributed by atoms with van der Waals surface area (Å²) < 4.78 is 27.1. The van der Waals surface area contributed by atoms with E-state index in [2.05, 4.69) is 11.6 Å². The molecule has 0 amide bonds. The lowest BCUT2D eigenvalue weighted by Crippen LogP contribution is -2.28. The Kier molecular flexibility index (Phi) is 6.98. The van der Waals surface area contributed by atoms with Crippen LogP contribution in [0.1, 0.15) is 46.5 Å². The second-order valence-corrected chi connectivity index (χ2v) is 6.63. The summed E-state index contributed by atoms with van der Waals surface area (Å²) in [4.78, 5) is 4.17. The molecule has 1 nitrogen and oxygen atoms in total. The van der Waals surface area contributed by atoms with E-state index in [-0.39, 0.29) is 24.7 Å². The fraction of sp³-hybridized carbons (Fsp3) is 0.611. The highest BCUT2D eigenvalue weighted by Crippen LogP contribution is 2.40. The van der Waals surface area contributed by atoms with Gasteiger partial charge in [-0.3, -0.25) is 4.99 Å². The fourth-order valence-electron chi connectivity index (χ4n) is 2.77. The minimum absolute atomic E-state index is 0.0173. The highest BCUT2D eigenvalue weighted by Gasteiger charge is 2.37. The molecule has 4 heteroatoms. The molecule has 0 spiro atoms. The third-order valence-electron chi connectivity index (χ3n) is 4.32. The van der Waals surface area contributed by atoms with Crippen LogP contribution in [-0.2, 0) is 0 Å². The molecule has 0 aromatic heterocycles. The zero-order chi connectivity index (χ0) is 16.9. The number of aliphatic imine (C=N–C) groups is 1. The standard InChI is InChI=1S/C18H26ClF2N/c1-12(2)17(19)16(14(4)22-5)9-8-13(3)15-7-6-10-18(20,21)11-15/h8-9,13,15H,1,6-7,10-11H2,2-5H3/b9-8-,17-16+,22-14-. The smallest absolute Gasteiger partial charge is 0.248 e. The fourth-order valence-corrected chi connectivity index (χ4v) is 2.97. The minimum atomic E-state index is -2.51. The molecule has 1 fully saturated rings. The van der Waals surface area contributed by atoms with Crippen molar-refractivity contribution >= 4 is 17.3 Å². The minimum Gasteiger partial charge on any atom is -0.293 e. The van der Waals surface area contributed by atoms with Gasteiger partial charge >= 0.3 is 0 Å². The van der Waals surface area contributed by atoms with Gasteiger partial charge in [-0.25, -0.2) is 8.78 Å². The summed E-state index contributed by atoms with van der Waals surface area (Å²) in [5.74, 6) is -2.41. The van der Waals surface area contributed by atoms with Crippen LogP contribution in [0.4, 0.5) is 8.78 Å². The average Bonchev–Trinajstić information content (AvgIpc) is 2.45. The molecule has 0 saturated heterocycles. The number of allylic oxidation sites excluding steroid dienone is 5. The molecule has 1 rings (SSSR count). The Bertz CT molecular complexity index is 503. The Labute approximate surface area is 137 Å². The first-order chi connectivity index (χ1) is 10.2. The number of alkyl halides is 2. The van der Waals surface area contributed by atoms with E-state index in [0.717, 1.165) is 23.3 Å². The van der Waals surface area contributed by atoms with Gasteiger partial charge < -0.3 is 0 Å². The maximum absolute atomic E-state index is 13.5. The number of hydrogen-bond acceptors (Lipinski definition) is 1. The van der Waals surface area contributed by atoms with Crippen LogP contribution in [0, 0.1) is 11.8 Å². The molecule has 0 aliphatic heterocycles. The van der Waals surface area contributed by atoms with Crippen molar-refractivity contribution in [1.82, 2.24) is 0 Å². The SMILES string of the molecule is C=C(C)/C(Cl)=C(/C=C\C(C)C1CCCC(F)(F)C1)C(\C)=N/C. The Morgan fingerprint density at radius 1 is 1.41 bits per heavy atom. The zero-order valence-corrected chi connectivity index (χ0v) is 14.7. The first-order valence-corrected chi connectivity index (χ1v) is 8.11. The monoisotopic (exact) mass is 329 g/mol. The normalized spacial score (nSPS) is 25.0. The van der Waals surface area contributed by atoms with E-state index < -0.39 is 5.92 Å². The Morgan fingerprint density at radius 2 is 2.05 bits per heavy atom. The van der Waals surface area contributed by atoms with Crippen LogP contribution in [-0.4, -0.2) is 18.7 Å². The lowest BCUT2D eigenvalue weighted by atomic mass is 9.79. The van der Waals surface area contributed by atoms with E-state index >= 15 is 0 Å². The second kappa shape index (κ2) is 8.05. The summed E-state index contributed by atoms with van der Waals surface area (Å²) in [6, 6.07) is 0. The van der Waals surface area contributed by atoms with E-state index in [0.29, 0.717) is 11.5 Å². The molecular formula is C18H26ClF2N. The molecule has 0 aromatic rings. The van der Waals surface area contributed by atoms with Crippen LogP contribution in [0.3, 0.4) is 0 Å². The third-order valence-corrected chi connectivity index (χ3v) is 4.85. The third kappa shape index (κ3) is 5.35. The number of rotatable bonds is 5. The summed E-state index contributed by atoms with van der Waals surface area (Å²) in [6.07, 6.45) is 5.33. The molecule has 0 heterocycles. The van der Waals surface area contributed by atoms with E-state index in [1.165, 1.54) is 0 Å². The largest absolute Gasteiger partial charge is 0.293 e. The number of hydrogen-bond donors (Lipinski definition) is 0. The van der Waals surface area contributed by atoms with Crippen molar-refractivity contribution < 1.29 is 8.78 Å². The summed E-state index contributed by atoms with van der Waals surface area (Å²) in [6.45, 7) is 9.56. The summed E-state index contributed by atoms with van der Waals surface area (Å²) in [5, 5.41) is 0.570. The van der Waals surface area contributed by atoms with Crippen molar-refractivity contribution in [3.05, 3.63) is 34.9 Å². The van der Waals surface area contributed by atoms with E-state index in [4.69, 9.17) is 11.6 Å². The number of nitrogens with zero attached hydrogens (tertiary/aromatic N) is 1. The van der Waals surface area contributed by atoms with Gasteiger partial charge in [0.2, 0.25) is 5.92 Å². The molecule has 2 atom stereocenters. The van der Waals surface area contributed by atoms with Gasteiger partial charge in [0.25, 0.3) is 0 Å². The van der Waals surface area contributed by atoms with Gasteiger partial charge in [0.05, 0.1) is 5.03 Å². The lowest BCUT2D eigenvalue weighted by Gasteiger charge is -2.31. The predicted molar refractivity (Wildman–Crippen MR) is 91.9 cm³/mol. The number of halogens is 3. The first kappa shape index (κ1) is 19.1.